The highest BCUT2D eigenvalue weighted by Crippen LogP contribution is 2.34. The van der Waals surface area contributed by atoms with E-state index in [1.165, 1.54) is 47.8 Å². The van der Waals surface area contributed by atoms with Crippen LogP contribution in [0.3, 0.4) is 0 Å². The molecule has 0 unspecified atom stereocenters. The van der Waals surface area contributed by atoms with Gasteiger partial charge in [-0.1, -0.05) is 18.8 Å². The molecule has 1 aliphatic heterocycles. The molecule has 1 heterocycles. The number of halogens is 1. The molecule has 0 aliphatic carbocycles. The smallest absolute Gasteiger partial charge is 0.247 e. The lowest BCUT2D eigenvalue weighted by atomic mass is 10.0. The van der Waals surface area contributed by atoms with Crippen LogP contribution in [0, 0.1) is 23.6 Å². The van der Waals surface area contributed by atoms with E-state index < -0.39 is 38.1 Å². The Morgan fingerprint density at radius 2 is 1.80 bits per heavy atom. The summed E-state index contributed by atoms with van der Waals surface area (Å²) in [6, 6.07) is 9.39. The summed E-state index contributed by atoms with van der Waals surface area (Å²) in [5, 5.41) is 9.71. The fourth-order valence-electron chi connectivity index (χ4n) is 3.59. The zero-order valence-electron chi connectivity index (χ0n) is 20.0. The second-order valence-electron chi connectivity index (χ2n) is 8.70. The molecule has 8 nitrogen and oxygen atoms in total. The number of ether oxygens (including phenoxy) is 1. The molecule has 1 aliphatic rings. The second kappa shape index (κ2) is 10.6. The molecular formula is C24H29FN2O6S2. The number of aliphatic hydroxyl groups excluding tert-OH is 1. The first-order chi connectivity index (χ1) is 16.3. The first-order valence-corrected chi connectivity index (χ1v) is 14.2. The quantitative estimate of drug-likeness (QED) is 0.599. The number of benzene rings is 2. The average molecular weight is 525 g/mol. The van der Waals surface area contributed by atoms with Crippen LogP contribution in [0.5, 0.6) is 5.75 Å². The summed E-state index contributed by atoms with van der Waals surface area (Å²) in [4.78, 5) is -0.0935. The molecule has 190 valence electrons. The summed E-state index contributed by atoms with van der Waals surface area (Å²) in [7, 11) is -6.10. The van der Waals surface area contributed by atoms with Gasteiger partial charge in [0.2, 0.25) is 20.0 Å². The summed E-state index contributed by atoms with van der Waals surface area (Å²) in [6.45, 7) is 3.05. The highest BCUT2D eigenvalue weighted by Gasteiger charge is 2.38. The van der Waals surface area contributed by atoms with E-state index >= 15 is 0 Å². The largest absolute Gasteiger partial charge is 0.487 e. The SMILES string of the molecule is C[C@@H]1CN([C@H](C)CO)S(=O)(=O)c2ccc(C#Cc3ccc(F)cc3)cc2O[C@H]1CN(C)S(C)(=O)=O. The van der Waals surface area contributed by atoms with E-state index in [0.29, 0.717) is 11.1 Å². The van der Waals surface area contributed by atoms with Crippen LogP contribution in [0.2, 0.25) is 0 Å². The zero-order chi connectivity index (χ0) is 26.0. The van der Waals surface area contributed by atoms with Crippen LogP contribution in [-0.2, 0) is 20.0 Å². The predicted octanol–water partition coefficient (Wildman–Crippen LogP) is 1.89. The Morgan fingerprint density at radius 3 is 2.40 bits per heavy atom. The van der Waals surface area contributed by atoms with Gasteiger partial charge in [0.15, 0.2) is 0 Å². The van der Waals surface area contributed by atoms with Crippen LogP contribution < -0.4 is 4.74 Å². The molecule has 11 heteroatoms. The molecule has 0 aromatic heterocycles. The topological polar surface area (TPSA) is 104 Å². The normalized spacial score (nSPS) is 21.1. The van der Waals surface area contributed by atoms with Crippen molar-refractivity contribution in [2.24, 2.45) is 5.92 Å². The van der Waals surface area contributed by atoms with Crippen LogP contribution in [0.15, 0.2) is 47.4 Å². The van der Waals surface area contributed by atoms with Gasteiger partial charge >= 0.3 is 0 Å². The third kappa shape index (κ3) is 6.39. The molecule has 3 rings (SSSR count). The monoisotopic (exact) mass is 524 g/mol. The Balaban J connectivity index is 2.08. The molecule has 2 aromatic carbocycles. The van der Waals surface area contributed by atoms with E-state index in [2.05, 4.69) is 11.8 Å². The third-order valence-electron chi connectivity index (χ3n) is 5.87. The van der Waals surface area contributed by atoms with Crippen LogP contribution >= 0.6 is 0 Å². The summed E-state index contributed by atoms with van der Waals surface area (Å²) in [5.74, 6) is 5.09. The Hall–Kier alpha value is -2.49. The Kier molecular flexibility index (Phi) is 8.24. The van der Waals surface area contributed by atoms with Crippen molar-refractivity contribution >= 4 is 20.0 Å². The highest BCUT2D eigenvalue weighted by atomic mass is 32.2. The minimum absolute atomic E-state index is 0.00627. The minimum Gasteiger partial charge on any atom is -0.487 e. The molecule has 0 amide bonds. The van der Waals surface area contributed by atoms with Gasteiger partial charge in [-0.05, 0) is 49.4 Å². The summed E-state index contributed by atoms with van der Waals surface area (Å²) < 4.78 is 72.7. The number of aliphatic hydroxyl groups is 1. The number of fused-ring (bicyclic) bond motifs is 1. The first-order valence-electron chi connectivity index (χ1n) is 10.9. The van der Waals surface area contributed by atoms with Gasteiger partial charge < -0.3 is 9.84 Å². The lowest BCUT2D eigenvalue weighted by Gasteiger charge is -2.37. The van der Waals surface area contributed by atoms with Gasteiger partial charge in [-0.3, -0.25) is 0 Å². The average Bonchev–Trinajstić information content (AvgIpc) is 2.79. The van der Waals surface area contributed by atoms with Crippen LogP contribution in [0.25, 0.3) is 0 Å². The van der Waals surface area contributed by atoms with Gasteiger partial charge in [-0.15, -0.1) is 0 Å². The Labute approximate surface area is 206 Å². The summed E-state index contributed by atoms with van der Waals surface area (Å²) in [5.41, 5.74) is 1.05. The van der Waals surface area contributed by atoms with Crippen LogP contribution in [-0.4, -0.2) is 75.7 Å². The lowest BCUT2D eigenvalue weighted by molar-refractivity contribution is 0.0905. The standard InChI is InChI=1S/C24H29FN2O6S2/c1-17-14-27(18(2)16-28)35(31,32)24-12-9-20(6-5-19-7-10-21(25)11-8-19)13-22(24)33-23(17)15-26(3)34(4,29)30/h7-13,17-18,23,28H,14-16H2,1-4H3/t17-,18-,23+/m1/s1. The van der Waals surface area contributed by atoms with E-state index in [1.54, 1.807) is 19.9 Å². The number of nitrogens with zero attached hydrogens (tertiary/aromatic N) is 2. The Bertz CT molecular complexity index is 1330. The molecule has 0 saturated carbocycles. The van der Waals surface area contributed by atoms with Crippen molar-refractivity contribution in [3.63, 3.8) is 0 Å². The summed E-state index contributed by atoms with van der Waals surface area (Å²) >= 11 is 0. The molecule has 1 N–H and O–H groups in total. The van der Waals surface area contributed by atoms with Gasteiger partial charge in [0.05, 0.1) is 19.4 Å². The third-order valence-corrected chi connectivity index (χ3v) is 9.17. The molecule has 0 spiro atoms. The fraction of sp³-hybridized carbons (Fsp3) is 0.417. The number of likely N-dealkylation sites (N-methyl/N-ethyl adjacent to an activating group) is 1. The molecule has 2 aromatic rings. The van der Waals surface area contributed by atoms with Crippen molar-refractivity contribution in [3.8, 4) is 17.6 Å². The van der Waals surface area contributed by atoms with Gasteiger partial charge in [0.25, 0.3) is 0 Å². The molecule has 0 radical (unpaired) electrons. The van der Waals surface area contributed by atoms with Crippen molar-refractivity contribution in [2.45, 2.75) is 30.9 Å². The van der Waals surface area contributed by atoms with Crippen molar-refractivity contribution in [2.75, 3.05) is 33.0 Å². The Morgan fingerprint density at radius 1 is 1.20 bits per heavy atom. The fourth-order valence-corrected chi connectivity index (χ4v) is 5.83. The number of hydrogen-bond donors (Lipinski definition) is 1. The highest BCUT2D eigenvalue weighted by molar-refractivity contribution is 7.89. The van der Waals surface area contributed by atoms with Gasteiger partial charge in [-0.25, -0.2) is 25.5 Å². The number of sulfonamides is 2. The van der Waals surface area contributed by atoms with Gasteiger partial charge in [-0.2, -0.15) is 4.31 Å². The van der Waals surface area contributed by atoms with E-state index in [1.807, 2.05) is 0 Å². The number of hydrogen-bond acceptors (Lipinski definition) is 6. The van der Waals surface area contributed by atoms with Crippen LogP contribution in [0.4, 0.5) is 4.39 Å². The van der Waals surface area contributed by atoms with Gasteiger partial charge in [0, 0.05) is 36.7 Å². The number of rotatable bonds is 5. The van der Waals surface area contributed by atoms with Crippen molar-refractivity contribution in [3.05, 3.63) is 59.4 Å². The maximum atomic E-state index is 13.5. The van der Waals surface area contributed by atoms with Crippen molar-refractivity contribution in [1.82, 2.24) is 8.61 Å². The van der Waals surface area contributed by atoms with Crippen LogP contribution in [0.1, 0.15) is 25.0 Å². The molecule has 0 fully saturated rings. The van der Waals surface area contributed by atoms with Gasteiger partial charge in [0.1, 0.15) is 22.6 Å². The molecule has 35 heavy (non-hydrogen) atoms. The lowest BCUT2D eigenvalue weighted by Crippen LogP contribution is -2.50. The first kappa shape index (κ1) is 27.1. The molecular weight excluding hydrogens is 495 g/mol. The maximum absolute atomic E-state index is 13.5. The minimum atomic E-state index is -4.03. The van der Waals surface area contributed by atoms with E-state index in [4.69, 9.17) is 4.74 Å². The zero-order valence-corrected chi connectivity index (χ0v) is 21.6. The molecule has 3 atom stereocenters. The second-order valence-corrected chi connectivity index (χ2v) is 12.7. The van der Waals surface area contributed by atoms with Crippen molar-refractivity contribution < 1.29 is 31.1 Å². The van der Waals surface area contributed by atoms with E-state index in [-0.39, 0.29) is 36.2 Å². The predicted molar refractivity (Wildman–Crippen MR) is 130 cm³/mol. The van der Waals surface area contributed by atoms with Crippen molar-refractivity contribution in [1.29, 1.82) is 0 Å². The molecule has 0 saturated heterocycles. The molecule has 0 bridgehead atoms. The summed E-state index contributed by atoms with van der Waals surface area (Å²) in [6.07, 6.45) is 0.417. The maximum Gasteiger partial charge on any atom is 0.247 e. The van der Waals surface area contributed by atoms with E-state index in [9.17, 15) is 26.3 Å². The van der Waals surface area contributed by atoms with E-state index in [0.717, 1.165) is 10.6 Å².